The maximum atomic E-state index is 12.2. The van der Waals surface area contributed by atoms with E-state index in [1.807, 2.05) is 19.1 Å². The second-order valence-electron chi connectivity index (χ2n) is 4.28. The minimum absolute atomic E-state index is 0.401. The summed E-state index contributed by atoms with van der Waals surface area (Å²) in [4.78, 5) is 1.77. The minimum Gasteiger partial charge on any atom is -0.497 e. The summed E-state index contributed by atoms with van der Waals surface area (Å²) in [6.07, 6.45) is -4.82. The van der Waals surface area contributed by atoms with Gasteiger partial charge in [-0.3, -0.25) is 0 Å². The summed E-state index contributed by atoms with van der Waals surface area (Å²) in [5.41, 5.74) is 1.80. The zero-order valence-electron chi connectivity index (χ0n) is 9.71. The van der Waals surface area contributed by atoms with Crippen molar-refractivity contribution in [3.05, 3.63) is 23.8 Å². The summed E-state index contributed by atoms with van der Waals surface area (Å²) >= 11 is 0. The summed E-state index contributed by atoms with van der Waals surface area (Å²) in [5, 5.41) is 0. The molecule has 1 fully saturated rings. The summed E-state index contributed by atoms with van der Waals surface area (Å²) < 4.78 is 41.7. The van der Waals surface area contributed by atoms with Gasteiger partial charge in [0.2, 0.25) is 0 Å². The molecule has 1 atom stereocenters. The quantitative estimate of drug-likeness (QED) is 0.758. The number of hydrogen-bond acceptors (Lipinski definition) is 2. The maximum absolute atomic E-state index is 12.2. The number of alkyl halides is 3. The van der Waals surface area contributed by atoms with Crippen LogP contribution < -0.4 is 9.64 Å². The first kappa shape index (κ1) is 12.1. The molecule has 0 aliphatic carbocycles. The van der Waals surface area contributed by atoms with Crippen molar-refractivity contribution in [2.45, 2.75) is 25.6 Å². The van der Waals surface area contributed by atoms with Crippen LogP contribution in [0.5, 0.6) is 5.75 Å². The number of aryl methyl sites for hydroxylation is 1. The van der Waals surface area contributed by atoms with Crippen LogP contribution in [-0.2, 0) is 0 Å². The van der Waals surface area contributed by atoms with Gasteiger partial charge in [0.15, 0.2) is 0 Å². The van der Waals surface area contributed by atoms with Crippen LogP contribution in [0.25, 0.3) is 0 Å². The topological polar surface area (TPSA) is 12.2 Å². The van der Waals surface area contributed by atoms with Crippen LogP contribution in [0.4, 0.5) is 18.9 Å². The van der Waals surface area contributed by atoms with Gasteiger partial charge in [0.25, 0.3) is 0 Å². The first-order valence-electron chi connectivity index (χ1n) is 5.39. The molecule has 0 amide bonds. The Morgan fingerprint density at radius 3 is 2.65 bits per heavy atom. The third-order valence-corrected chi connectivity index (χ3v) is 2.90. The summed E-state index contributed by atoms with van der Waals surface area (Å²) in [5.74, 6) is 0.723. The average Bonchev–Trinajstić information content (AvgIpc) is 2.94. The zero-order chi connectivity index (χ0) is 12.6. The fourth-order valence-electron chi connectivity index (χ4n) is 1.99. The largest absolute Gasteiger partial charge is 0.497 e. The highest BCUT2D eigenvalue weighted by Gasteiger charge is 2.43. The molecule has 1 aliphatic heterocycles. The number of halogens is 3. The zero-order valence-corrected chi connectivity index (χ0v) is 9.71. The smallest absolute Gasteiger partial charge is 0.391 e. The van der Waals surface area contributed by atoms with Gasteiger partial charge < -0.3 is 9.64 Å². The molecule has 2 nitrogen and oxygen atoms in total. The molecule has 0 spiro atoms. The second kappa shape index (κ2) is 4.13. The molecule has 5 heteroatoms. The van der Waals surface area contributed by atoms with E-state index in [1.54, 1.807) is 18.1 Å². The average molecular weight is 245 g/mol. The number of nitrogens with zero attached hydrogens (tertiary/aromatic N) is 1. The number of anilines is 1. The van der Waals surface area contributed by atoms with Gasteiger partial charge in [0, 0.05) is 12.2 Å². The van der Waals surface area contributed by atoms with Crippen molar-refractivity contribution < 1.29 is 17.9 Å². The molecule has 17 heavy (non-hydrogen) atoms. The molecule has 0 radical (unpaired) electrons. The van der Waals surface area contributed by atoms with Crippen LogP contribution in [0.15, 0.2) is 18.2 Å². The molecule has 1 saturated heterocycles. The Morgan fingerprint density at radius 2 is 2.12 bits per heavy atom. The lowest BCUT2D eigenvalue weighted by molar-refractivity contribution is -0.133. The number of rotatable bonds is 3. The van der Waals surface area contributed by atoms with Crippen LogP contribution in [0.3, 0.4) is 0 Å². The van der Waals surface area contributed by atoms with E-state index in [4.69, 9.17) is 4.74 Å². The molecule has 1 aromatic rings. The molecule has 94 valence electrons. The van der Waals surface area contributed by atoms with E-state index in [2.05, 4.69) is 0 Å². The van der Waals surface area contributed by atoms with Crippen LogP contribution in [-0.4, -0.2) is 25.9 Å². The van der Waals surface area contributed by atoms with Crippen LogP contribution in [0, 0.1) is 6.92 Å². The molecule has 0 N–H and O–H groups in total. The van der Waals surface area contributed by atoms with Crippen molar-refractivity contribution in [3.8, 4) is 5.75 Å². The predicted molar refractivity (Wildman–Crippen MR) is 59.5 cm³/mol. The first-order chi connectivity index (χ1) is 7.90. The summed E-state index contributed by atoms with van der Waals surface area (Å²) in [7, 11) is 1.57. The third kappa shape index (κ3) is 2.84. The van der Waals surface area contributed by atoms with Gasteiger partial charge in [-0.2, -0.15) is 13.2 Å². The molecule has 1 heterocycles. The highest BCUT2D eigenvalue weighted by molar-refractivity contribution is 5.61. The fraction of sp³-hybridized carbons (Fsp3) is 0.500. The molecule has 0 saturated carbocycles. The number of benzene rings is 1. The highest BCUT2D eigenvalue weighted by atomic mass is 19.4. The Labute approximate surface area is 98.0 Å². The van der Waals surface area contributed by atoms with Crippen molar-refractivity contribution >= 4 is 5.69 Å². The van der Waals surface area contributed by atoms with E-state index >= 15 is 0 Å². The van der Waals surface area contributed by atoms with E-state index in [0.717, 1.165) is 17.0 Å². The summed E-state index contributed by atoms with van der Waals surface area (Å²) in [6, 6.07) is 5.01. The number of methoxy groups -OCH3 is 1. The van der Waals surface area contributed by atoms with E-state index in [9.17, 15) is 13.2 Å². The van der Waals surface area contributed by atoms with Crippen molar-refractivity contribution in [2.75, 3.05) is 18.6 Å². The van der Waals surface area contributed by atoms with Crippen molar-refractivity contribution in [2.24, 2.45) is 0 Å². The van der Waals surface area contributed by atoms with E-state index in [0.29, 0.717) is 6.54 Å². The minimum atomic E-state index is -4.08. The predicted octanol–water partition coefficient (Wildman–Crippen LogP) is 3.14. The lowest BCUT2D eigenvalue weighted by Crippen LogP contribution is -2.14. The Bertz CT molecular complexity index is 417. The van der Waals surface area contributed by atoms with Gasteiger partial charge >= 0.3 is 6.18 Å². The van der Waals surface area contributed by atoms with Gasteiger partial charge in [0.05, 0.1) is 19.6 Å². The molecular weight excluding hydrogens is 231 g/mol. The molecule has 1 unspecified atom stereocenters. The first-order valence-corrected chi connectivity index (χ1v) is 5.39. The Kier molecular flexibility index (Phi) is 2.93. The molecule has 2 rings (SSSR count). The standard InChI is InChI=1S/C12H14F3NO/c1-8-5-10(17-2)3-4-11(8)16-7-9(16)6-12(13,14)15/h3-5,9H,6-7H2,1-2H3. The molecule has 1 aliphatic rings. The van der Waals surface area contributed by atoms with Gasteiger partial charge in [0.1, 0.15) is 5.75 Å². The number of hydrogen-bond donors (Lipinski definition) is 0. The fourth-order valence-corrected chi connectivity index (χ4v) is 1.99. The molecule has 0 bridgehead atoms. The van der Waals surface area contributed by atoms with Crippen molar-refractivity contribution in [1.29, 1.82) is 0 Å². The normalized spacial score (nSPS) is 19.4. The van der Waals surface area contributed by atoms with Crippen molar-refractivity contribution in [3.63, 3.8) is 0 Å². The van der Waals surface area contributed by atoms with Gasteiger partial charge in [-0.25, -0.2) is 0 Å². The second-order valence-corrected chi connectivity index (χ2v) is 4.28. The Balaban J connectivity index is 2.06. The lowest BCUT2D eigenvalue weighted by atomic mass is 10.2. The molecular formula is C12H14F3NO. The van der Waals surface area contributed by atoms with E-state index < -0.39 is 18.6 Å². The van der Waals surface area contributed by atoms with Crippen LogP contribution in [0.2, 0.25) is 0 Å². The number of ether oxygens (including phenoxy) is 1. The van der Waals surface area contributed by atoms with Gasteiger partial charge in [-0.05, 0) is 30.7 Å². The van der Waals surface area contributed by atoms with E-state index in [-0.39, 0.29) is 0 Å². The maximum Gasteiger partial charge on any atom is 0.391 e. The Morgan fingerprint density at radius 1 is 1.41 bits per heavy atom. The molecule has 1 aromatic carbocycles. The third-order valence-electron chi connectivity index (χ3n) is 2.90. The van der Waals surface area contributed by atoms with Crippen molar-refractivity contribution in [1.82, 2.24) is 0 Å². The van der Waals surface area contributed by atoms with Gasteiger partial charge in [-0.1, -0.05) is 0 Å². The SMILES string of the molecule is COc1ccc(N2CC2CC(F)(F)F)c(C)c1. The monoisotopic (exact) mass is 245 g/mol. The van der Waals surface area contributed by atoms with Crippen LogP contribution in [0.1, 0.15) is 12.0 Å². The van der Waals surface area contributed by atoms with Gasteiger partial charge in [-0.15, -0.1) is 0 Å². The summed E-state index contributed by atoms with van der Waals surface area (Å²) in [6.45, 7) is 2.35. The van der Waals surface area contributed by atoms with E-state index in [1.165, 1.54) is 0 Å². The molecule has 0 aromatic heterocycles. The lowest BCUT2D eigenvalue weighted by Gasteiger charge is -2.11. The Hall–Kier alpha value is -1.39. The highest BCUT2D eigenvalue weighted by Crippen LogP contribution is 2.37. The van der Waals surface area contributed by atoms with Crippen LogP contribution >= 0.6 is 0 Å².